The van der Waals surface area contributed by atoms with Crippen LogP contribution in [0.3, 0.4) is 0 Å². The highest BCUT2D eigenvalue weighted by Crippen LogP contribution is 2.36. The van der Waals surface area contributed by atoms with Crippen molar-refractivity contribution in [2.45, 2.75) is 22.1 Å². The Kier molecular flexibility index (Phi) is 3.36. The monoisotopic (exact) mass is 283 g/mol. The summed E-state index contributed by atoms with van der Waals surface area (Å²) in [5, 5.41) is 0. The second-order valence-corrected chi connectivity index (χ2v) is 7.29. The first kappa shape index (κ1) is 13.3. The third-order valence-corrected chi connectivity index (χ3v) is 6.01. The molecule has 0 saturated heterocycles. The minimum atomic E-state index is -3.73. The quantitative estimate of drug-likeness (QED) is 0.846. The zero-order valence-electron chi connectivity index (χ0n) is 9.88. The second-order valence-electron chi connectivity index (χ2n) is 4.29. The Bertz CT molecular complexity index is 622. The highest BCUT2D eigenvalue weighted by molar-refractivity contribution is 7.94. The molecule has 2 rings (SSSR count). The third kappa shape index (κ3) is 2.00. The summed E-state index contributed by atoms with van der Waals surface area (Å²) in [4.78, 5) is 0.188. The van der Waals surface area contributed by atoms with E-state index >= 15 is 0 Å². The van der Waals surface area contributed by atoms with Crippen molar-refractivity contribution in [1.29, 1.82) is 0 Å². The van der Waals surface area contributed by atoms with Gasteiger partial charge in [-0.25, -0.2) is 8.42 Å². The highest BCUT2D eigenvalue weighted by Gasteiger charge is 2.46. The Labute approximate surface area is 112 Å². The van der Waals surface area contributed by atoms with Gasteiger partial charge in [-0.15, -0.1) is 0 Å². The SMILES string of the molecule is Cc1cccc(S(=O)(=O)C2(Cl)C=CC=CC2N)c1. The molecule has 2 N–H and O–H groups in total. The summed E-state index contributed by atoms with van der Waals surface area (Å²) in [5.41, 5.74) is 6.69. The highest BCUT2D eigenvalue weighted by atomic mass is 35.5. The second kappa shape index (κ2) is 4.53. The van der Waals surface area contributed by atoms with Crippen LogP contribution in [-0.2, 0) is 9.84 Å². The average molecular weight is 284 g/mol. The van der Waals surface area contributed by atoms with Crippen LogP contribution in [0.5, 0.6) is 0 Å². The van der Waals surface area contributed by atoms with E-state index in [1.54, 1.807) is 30.4 Å². The van der Waals surface area contributed by atoms with E-state index < -0.39 is 20.1 Å². The summed E-state index contributed by atoms with van der Waals surface area (Å²) >= 11 is 6.25. The first-order valence-corrected chi connectivity index (χ1v) is 7.36. The van der Waals surface area contributed by atoms with Gasteiger partial charge in [-0.05, 0) is 30.7 Å². The lowest BCUT2D eigenvalue weighted by Crippen LogP contribution is -2.47. The number of nitrogens with two attached hydrogens (primary N) is 1. The summed E-state index contributed by atoms with van der Waals surface area (Å²) in [7, 11) is -3.73. The molecule has 0 spiro atoms. The molecule has 3 nitrogen and oxygen atoms in total. The fourth-order valence-corrected chi connectivity index (χ4v) is 3.91. The standard InChI is InChI=1S/C13H14ClNO2S/c1-10-5-4-6-11(9-10)18(16,17)13(14)8-3-2-7-12(13)15/h2-9,12H,15H2,1H3. The van der Waals surface area contributed by atoms with Gasteiger partial charge in [-0.2, -0.15) is 0 Å². The minimum absolute atomic E-state index is 0.188. The van der Waals surface area contributed by atoms with Gasteiger partial charge >= 0.3 is 0 Å². The fraction of sp³-hybridized carbons (Fsp3) is 0.231. The molecule has 5 heteroatoms. The van der Waals surface area contributed by atoms with Gasteiger partial charge in [0.1, 0.15) is 0 Å². The van der Waals surface area contributed by atoms with E-state index in [1.807, 2.05) is 13.0 Å². The summed E-state index contributed by atoms with van der Waals surface area (Å²) in [6.45, 7) is 1.83. The van der Waals surface area contributed by atoms with Gasteiger partial charge in [0.2, 0.25) is 9.84 Å². The lowest BCUT2D eigenvalue weighted by molar-refractivity contribution is 0.572. The van der Waals surface area contributed by atoms with Crippen LogP contribution in [0.4, 0.5) is 0 Å². The summed E-state index contributed by atoms with van der Waals surface area (Å²) < 4.78 is 23.5. The van der Waals surface area contributed by atoms with E-state index in [4.69, 9.17) is 17.3 Å². The van der Waals surface area contributed by atoms with Crippen LogP contribution >= 0.6 is 11.6 Å². The Morgan fingerprint density at radius 1 is 1.33 bits per heavy atom. The summed E-state index contributed by atoms with van der Waals surface area (Å²) in [5.74, 6) is 0. The molecule has 0 bridgehead atoms. The fourth-order valence-electron chi connectivity index (χ4n) is 1.84. The minimum Gasteiger partial charge on any atom is -0.322 e. The van der Waals surface area contributed by atoms with Crippen LogP contribution in [0.25, 0.3) is 0 Å². The summed E-state index contributed by atoms with van der Waals surface area (Å²) in [6, 6.07) is 5.88. The van der Waals surface area contributed by atoms with E-state index in [1.165, 1.54) is 12.1 Å². The first-order valence-electron chi connectivity index (χ1n) is 5.50. The van der Waals surface area contributed by atoms with Crippen molar-refractivity contribution in [1.82, 2.24) is 0 Å². The molecule has 0 saturated carbocycles. The van der Waals surface area contributed by atoms with E-state index in [0.717, 1.165) is 5.56 Å². The number of benzene rings is 1. The number of aryl methyl sites for hydroxylation is 1. The maximum absolute atomic E-state index is 12.6. The van der Waals surface area contributed by atoms with Crippen LogP contribution in [0, 0.1) is 6.92 Å². The van der Waals surface area contributed by atoms with Crippen molar-refractivity contribution in [3.05, 3.63) is 54.1 Å². The van der Waals surface area contributed by atoms with Crippen LogP contribution in [0.15, 0.2) is 53.5 Å². The average Bonchev–Trinajstić information content (AvgIpc) is 2.33. The molecule has 2 atom stereocenters. The van der Waals surface area contributed by atoms with Crippen molar-refractivity contribution < 1.29 is 8.42 Å². The molecular formula is C13H14ClNO2S. The maximum atomic E-state index is 12.6. The lowest BCUT2D eigenvalue weighted by atomic mass is 10.1. The van der Waals surface area contributed by atoms with Crippen LogP contribution in [-0.4, -0.2) is 18.7 Å². The maximum Gasteiger partial charge on any atom is 0.203 e. The number of allylic oxidation sites excluding steroid dienone is 2. The van der Waals surface area contributed by atoms with Gasteiger partial charge in [-0.1, -0.05) is 42.0 Å². The molecule has 96 valence electrons. The predicted octanol–water partition coefficient (Wildman–Crippen LogP) is 2.16. The van der Waals surface area contributed by atoms with Gasteiger partial charge in [0.15, 0.2) is 4.21 Å². The van der Waals surface area contributed by atoms with Gasteiger partial charge < -0.3 is 5.73 Å². The normalized spacial score (nSPS) is 27.4. The molecule has 1 aromatic carbocycles. The molecular weight excluding hydrogens is 270 g/mol. The van der Waals surface area contributed by atoms with E-state index in [0.29, 0.717) is 0 Å². The number of rotatable bonds is 2. The Hall–Kier alpha value is -1.10. The largest absolute Gasteiger partial charge is 0.322 e. The van der Waals surface area contributed by atoms with Crippen molar-refractivity contribution >= 4 is 21.4 Å². The number of hydrogen-bond acceptors (Lipinski definition) is 3. The number of alkyl halides is 1. The first-order chi connectivity index (χ1) is 8.38. The number of hydrogen-bond donors (Lipinski definition) is 1. The van der Waals surface area contributed by atoms with Crippen molar-refractivity contribution in [3.63, 3.8) is 0 Å². The van der Waals surface area contributed by atoms with Crippen LogP contribution in [0.2, 0.25) is 0 Å². The van der Waals surface area contributed by atoms with Crippen LogP contribution < -0.4 is 5.73 Å². The molecule has 0 heterocycles. The molecule has 2 unspecified atom stereocenters. The zero-order chi connectivity index (χ0) is 13.4. The Balaban J connectivity index is 2.56. The number of halogens is 1. The van der Waals surface area contributed by atoms with Gasteiger partial charge in [0.25, 0.3) is 0 Å². The predicted molar refractivity (Wildman–Crippen MR) is 73.2 cm³/mol. The van der Waals surface area contributed by atoms with Gasteiger partial charge in [0.05, 0.1) is 10.9 Å². The van der Waals surface area contributed by atoms with E-state index in [-0.39, 0.29) is 4.90 Å². The van der Waals surface area contributed by atoms with E-state index in [2.05, 4.69) is 0 Å². The molecule has 18 heavy (non-hydrogen) atoms. The molecule has 0 amide bonds. The van der Waals surface area contributed by atoms with Gasteiger partial charge in [0, 0.05) is 0 Å². The molecule has 0 fully saturated rings. The molecule has 0 aliphatic heterocycles. The third-order valence-electron chi connectivity index (χ3n) is 2.92. The zero-order valence-corrected chi connectivity index (χ0v) is 11.4. The molecule has 0 aromatic heterocycles. The molecule has 1 aliphatic carbocycles. The van der Waals surface area contributed by atoms with Crippen molar-refractivity contribution in [2.75, 3.05) is 0 Å². The Morgan fingerprint density at radius 3 is 2.67 bits per heavy atom. The Morgan fingerprint density at radius 2 is 2.06 bits per heavy atom. The van der Waals surface area contributed by atoms with Gasteiger partial charge in [-0.3, -0.25) is 0 Å². The lowest BCUT2D eigenvalue weighted by Gasteiger charge is -2.29. The van der Waals surface area contributed by atoms with Crippen molar-refractivity contribution in [2.24, 2.45) is 5.73 Å². The molecule has 1 aliphatic rings. The summed E-state index contributed by atoms with van der Waals surface area (Å²) in [6.07, 6.45) is 6.30. The number of sulfone groups is 1. The van der Waals surface area contributed by atoms with Crippen LogP contribution in [0.1, 0.15) is 5.56 Å². The molecule has 1 aromatic rings. The topological polar surface area (TPSA) is 60.2 Å². The smallest absolute Gasteiger partial charge is 0.203 e. The van der Waals surface area contributed by atoms with E-state index in [9.17, 15) is 8.42 Å². The van der Waals surface area contributed by atoms with Crippen molar-refractivity contribution in [3.8, 4) is 0 Å². The molecule has 0 radical (unpaired) electrons.